The average molecular weight is 179 g/mol. The Morgan fingerprint density at radius 3 is 2.18 bits per heavy atom. The molecular formula is C6H13NO3S. The van der Waals surface area contributed by atoms with Crippen molar-refractivity contribution < 1.29 is 13.5 Å². The van der Waals surface area contributed by atoms with Crippen molar-refractivity contribution in [2.45, 2.75) is 24.8 Å². The zero-order chi connectivity index (χ0) is 8.54. The molecule has 0 unspecified atom stereocenters. The molecule has 0 bridgehead atoms. The minimum Gasteiger partial charge on any atom is -0.394 e. The van der Waals surface area contributed by atoms with Gasteiger partial charge in [0.15, 0.2) is 0 Å². The molecule has 2 N–H and O–H groups in total. The van der Waals surface area contributed by atoms with Gasteiger partial charge in [-0.3, -0.25) is 0 Å². The van der Waals surface area contributed by atoms with Gasteiger partial charge in [0.05, 0.1) is 18.4 Å². The molecule has 0 amide bonds. The Morgan fingerprint density at radius 1 is 1.55 bits per heavy atom. The first kappa shape index (κ1) is 8.96. The maximum Gasteiger partial charge on any atom is 0.209 e. The zero-order valence-corrected chi connectivity index (χ0v) is 7.32. The van der Waals surface area contributed by atoms with Crippen LogP contribution < -0.4 is 4.72 Å². The lowest BCUT2D eigenvalue weighted by Gasteiger charge is -2.39. The lowest BCUT2D eigenvalue weighted by atomic mass is 9.78. The summed E-state index contributed by atoms with van der Waals surface area (Å²) >= 11 is 0. The molecule has 0 saturated heterocycles. The smallest absolute Gasteiger partial charge is 0.209 e. The first-order chi connectivity index (χ1) is 4.97. The van der Waals surface area contributed by atoms with Crippen LogP contribution in [0.25, 0.3) is 0 Å². The van der Waals surface area contributed by atoms with Crippen molar-refractivity contribution in [3.63, 3.8) is 0 Å². The second kappa shape index (κ2) is 2.73. The van der Waals surface area contributed by atoms with Crippen LogP contribution in [-0.2, 0) is 10.0 Å². The number of sulfonamides is 1. The van der Waals surface area contributed by atoms with Gasteiger partial charge in [-0.1, -0.05) is 0 Å². The quantitative estimate of drug-likeness (QED) is 0.611. The third-order valence-corrected chi connectivity index (χ3v) is 2.82. The van der Waals surface area contributed by atoms with Gasteiger partial charge >= 0.3 is 0 Å². The van der Waals surface area contributed by atoms with Gasteiger partial charge in [-0.2, -0.15) is 0 Å². The summed E-state index contributed by atoms with van der Waals surface area (Å²) in [5, 5.41) is 8.87. The highest BCUT2D eigenvalue weighted by molar-refractivity contribution is 7.88. The third kappa shape index (κ3) is 2.15. The molecule has 0 aromatic rings. The summed E-state index contributed by atoms with van der Waals surface area (Å²) in [6.07, 6.45) is 3.60. The van der Waals surface area contributed by atoms with Gasteiger partial charge < -0.3 is 5.11 Å². The summed E-state index contributed by atoms with van der Waals surface area (Å²) in [5.74, 6) is 0. The van der Waals surface area contributed by atoms with Crippen LogP contribution >= 0.6 is 0 Å². The Bertz CT molecular complexity index is 225. The SMILES string of the molecule is CS(=O)(=O)NC1(CO)CCC1. The van der Waals surface area contributed by atoms with E-state index in [1.54, 1.807) is 0 Å². The van der Waals surface area contributed by atoms with Crippen LogP contribution in [0.2, 0.25) is 0 Å². The van der Waals surface area contributed by atoms with Crippen LogP contribution in [-0.4, -0.2) is 31.9 Å². The van der Waals surface area contributed by atoms with E-state index in [-0.39, 0.29) is 6.61 Å². The fourth-order valence-electron chi connectivity index (χ4n) is 1.29. The largest absolute Gasteiger partial charge is 0.394 e. The topological polar surface area (TPSA) is 66.4 Å². The molecule has 0 aromatic carbocycles. The molecule has 1 fully saturated rings. The van der Waals surface area contributed by atoms with Crippen LogP contribution in [0.4, 0.5) is 0 Å². The number of rotatable bonds is 3. The van der Waals surface area contributed by atoms with E-state index in [1.165, 1.54) is 0 Å². The summed E-state index contributed by atoms with van der Waals surface area (Å²) in [6, 6.07) is 0. The van der Waals surface area contributed by atoms with Crippen LogP contribution in [0.5, 0.6) is 0 Å². The van der Waals surface area contributed by atoms with Crippen molar-refractivity contribution in [3.05, 3.63) is 0 Å². The summed E-state index contributed by atoms with van der Waals surface area (Å²) in [6.45, 7) is -0.0972. The molecule has 0 aromatic heterocycles. The Kier molecular flexibility index (Phi) is 2.22. The third-order valence-electron chi connectivity index (χ3n) is 2.02. The molecule has 4 nitrogen and oxygen atoms in total. The lowest BCUT2D eigenvalue weighted by Crippen LogP contribution is -2.55. The van der Waals surface area contributed by atoms with Crippen molar-refractivity contribution in [2.24, 2.45) is 0 Å². The Balaban J connectivity index is 2.59. The number of aliphatic hydroxyl groups is 1. The highest BCUT2D eigenvalue weighted by Gasteiger charge is 2.38. The summed E-state index contributed by atoms with van der Waals surface area (Å²) in [5.41, 5.74) is -0.534. The molecule has 1 aliphatic rings. The van der Waals surface area contributed by atoms with Gasteiger partial charge in [-0.25, -0.2) is 13.1 Å². The number of nitrogens with one attached hydrogen (secondary N) is 1. The molecule has 5 heteroatoms. The van der Waals surface area contributed by atoms with Crippen molar-refractivity contribution >= 4 is 10.0 Å². The second-order valence-electron chi connectivity index (χ2n) is 3.17. The highest BCUT2D eigenvalue weighted by Crippen LogP contribution is 2.31. The standard InChI is InChI=1S/C6H13NO3S/c1-11(9,10)7-6(5-8)3-2-4-6/h7-8H,2-5H2,1H3. The van der Waals surface area contributed by atoms with Crippen molar-refractivity contribution in [2.75, 3.05) is 12.9 Å². The molecule has 0 atom stereocenters. The van der Waals surface area contributed by atoms with E-state index in [0.717, 1.165) is 25.5 Å². The predicted octanol–water partition coefficient (Wildman–Crippen LogP) is -0.549. The van der Waals surface area contributed by atoms with Crippen LogP contribution in [0.1, 0.15) is 19.3 Å². The van der Waals surface area contributed by atoms with Gasteiger partial charge in [0.1, 0.15) is 0 Å². The molecular weight excluding hydrogens is 166 g/mol. The molecule has 0 aliphatic heterocycles. The molecule has 0 spiro atoms. The summed E-state index contributed by atoms with van der Waals surface area (Å²) in [4.78, 5) is 0. The Labute approximate surface area is 66.7 Å². The normalized spacial score (nSPS) is 22.7. The van der Waals surface area contributed by atoms with Crippen LogP contribution in [0.15, 0.2) is 0 Å². The van der Waals surface area contributed by atoms with E-state index >= 15 is 0 Å². The van der Waals surface area contributed by atoms with Gasteiger partial charge in [0.2, 0.25) is 10.0 Å². The lowest BCUT2D eigenvalue weighted by molar-refractivity contribution is 0.111. The average Bonchev–Trinajstić information content (AvgIpc) is 1.77. The molecule has 66 valence electrons. The number of hydrogen-bond acceptors (Lipinski definition) is 3. The van der Waals surface area contributed by atoms with E-state index < -0.39 is 15.6 Å². The van der Waals surface area contributed by atoms with Crippen molar-refractivity contribution in [1.29, 1.82) is 0 Å². The van der Waals surface area contributed by atoms with Crippen LogP contribution in [0, 0.1) is 0 Å². The first-order valence-corrected chi connectivity index (χ1v) is 5.46. The molecule has 1 aliphatic carbocycles. The maximum atomic E-state index is 10.8. The van der Waals surface area contributed by atoms with E-state index in [9.17, 15) is 8.42 Å². The molecule has 11 heavy (non-hydrogen) atoms. The molecule has 1 saturated carbocycles. The highest BCUT2D eigenvalue weighted by atomic mass is 32.2. The zero-order valence-electron chi connectivity index (χ0n) is 6.50. The minimum absolute atomic E-state index is 0.0972. The molecule has 0 heterocycles. The van der Waals surface area contributed by atoms with Gasteiger partial charge in [0, 0.05) is 0 Å². The van der Waals surface area contributed by atoms with Crippen molar-refractivity contribution in [3.8, 4) is 0 Å². The Morgan fingerprint density at radius 2 is 2.09 bits per heavy atom. The fourth-order valence-corrected chi connectivity index (χ4v) is 2.34. The summed E-state index contributed by atoms with van der Waals surface area (Å²) in [7, 11) is -3.16. The first-order valence-electron chi connectivity index (χ1n) is 3.57. The maximum absolute atomic E-state index is 10.8. The van der Waals surface area contributed by atoms with Gasteiger partial charge in [-0.05, 0) is 19.3 Å². The van der Waals surface area contributed by atoms with E-state index in [4.69, 9.17) is 5.11 Å². The Hall–Kier alpha value is -0.130. The molecule has 0 radical (unpaired) electrons. The number of hydrogen-bond donors (Lipinski definition) is 2. The van der Waals surface area contributed by atoms with Crippen LogP contribution in [0.3, 0.4) is 0 Å². The monoisotopic (exact) mass is 179 g/mol. The molecule has 1 rings (SSSR count). The summed E-state index contributed by atoms with van der Waals surface area (Å²) < 4.78 is 24.0. The van der Waals surface area contributed by atoms with Crippen molar-refractivity contribution in [1.82, 2.24) is 4.72 Å². The van der Waals surface area contributed by atoms with Gasteiger partial charge in [0.25, 0.3) is 0 Å². The second-order valence-corrected chi connectivity index (χ2v) is 4.91. The minimum atomic E-state index is -3.16. The van der Waals surface area contributed by atoms with E-state index in [0.29, 0.717) is 0 Å². The van der Waals surface area contributed by atoms with E-state index in [1.807, 2.05) is 0 Å². The van der Waals surface area contributed by atoms with E-state index in [2.05, 4.69) is 4.72 Å². The van der Waals surface area contributed by atoms with Gasteiger partial charge in [-0.15, -0.1) is 0 Å². The fraction of sp³-hybridized carbons (Fsp3) is 1.00. The predicted molar refractivity (Wildman–Crippen MR) is 41.6 cm³/mol. The number of aliphatic hydroxyl groups excluding tert-OH is 1.